The Morgan fingerprint density at radius 3 is 2.74 bits per heavy atom. The Morgan fingerprint density at radius 1 is 1.30 bits per heavy atom. The molecule has 1 aliphatic carbocycles. The van der Waals surface area contributed by atoms with E-state index in [1.165, 1.54) is 0 Å². The summed E-state index contributed by atoms with van der Waals surface area (Å²) in [6.45, 7) is 4.92. The number of ether oxygens (including phenoxy) is 1. The van der Waals surface area contributed by atoms with Gasteiger partial charge in [-0.2, -0.15) is 4.98 Å². The largest absolute Gasteiger partial charge is 0.481 e. The highest BCUT2D eigenvalue weighted by Gasteiger charge is 2.25. The Kier molecular flexibility index (Phi) is 4.79. The van der Waals surface area contributed by atoms with Gasteiger partial charge in [0.15, 0.2) is 0 Å². The van der Waals surface area contributed by atoms with Crippen molar-refractivity contribution in [2.75, 3.05) is 38.2 Å². The van der Waals surface area contributed by atoms with Crippen molar-refractivity contribution < 1.29 is 9.53 Å². The number of amides is 1. The van der Waals surface area contributed by atoms with Gasteiger partial charge in [0, 0.05) is 44.4 Å². The smallest absolute Gasteiger partial charge is 0.228 e. The van der Waals surface area contributed by atoms with E-state index in [9.17, 15) is 4.79 Å². The standard InChI is InChI=1S/C17H24N4O2/c1-13-11-15(23-2)19-17(18-13)21-9-7-20(8-10-21)16(22)12-14-5-3-4-6-14/h3,5,11,14H,4,6-10,12H2,1-2H3. The van der Waals surface area contributed by atoms with Crippen molar-refractivity contribution in [2.24, 2.45) is 5.92 Å². The summed E-state index contributed by atoms with van der Waals surface area (Å²) in [6, 6.07) is 1.82. The van der Waals surface area contributed by atoms with Crippen LogP contribution in [0, 0.1) is 12.8 Å². The van der Waals surface area contributed by atoms with Gasteiger partial charge in [-0.15, -0.1) is 0 Å². The molecule has 6 nitrogen and oxygen atoms in total. The fourth-order valence-corrected chi connectivity index (χ4v) is 3.15. The summed E-state index contributed by atoms with van der Waals surface area (Å²) in [4.78, 5) is 25.4. The number of carbonyl (C=O) groups excluding carboxylic acids is 1. The predicted molar refractivity (Wildman–Crippen MR) is 88.6 cm³/mol. The van der Waals surface area contributed by atoms with Crippen molar-refractivity contribution >= 4 is 11.9 Å². The number of hydrogen-bond acceptors (Lipinski definition) is 5. The molecular weight excluding hydrogens is 292 g/mol. The van der Waals surface area contributed by atoms with Crippen molar-refractivity contribution in [1.82, 2.24) is 14.9 Å². The molecule has 0 N–H and O–H groups in total. The van der Waals surface area contributed by atoms with Crippen molar-refractivity contribution in [3.05, 3.63) is 23.9 Å². The molecule has 6 heteroatoms. The topological polar surface area (TPSA) is 58.6 Å². The number of hydrogen-bond donors (Lipinski definition) is 0. The summed E-state index contributed by atoms with van der Waals surface area (Å²) in [5.74, 6) is 1.97. The molecule has 124 valence electrons. The Balaban J connectivity index is 1.56. The van der Waals surface area contributed by atoms with Crippen LogP contribution < -0.4 is 9.64 Å². The SMILES string of the molecule is COc1cc(C)nc(N2CCN(C(=O)CC3C=CCC3)CC2)n1. The van der Waals surface area contributed by atoms with Gasteiger partial charge in [0.2, 0.25) is 17.7 Å². The summed E-state index contributed by atoms with van der Waals surface area (Å²) in [5, 5.41) is 0. The van der Waals surface area contributed by atoms with Crippen LogP contribution in [-0.2, 0) is 4.79 Å². The molecule has 3 rings (SSSR count). The first-order valence-corrected chi connectivity index (χ1v) is 8.25. The van der Waals surface area contributed by atoms with Crippen LogP contribution in [0.25, 0.3) is 0 Å². The van der Waals surface area contributed by atoms with E-state index in [0.717, 1.165) is 44.7 Å². The summed E-state index contributed by atoms with van der Waals surface area (Å²) in [6.07, 6.45) is 7.23. The van der Waals surface area contributed by atoms with Gasteiger partial charge in [-0.05, 0) is 25.7 Å². The Labute approximate surface area is 137 Å². The number of rotatable bonds is 4. The number of aryl methyl sites for hydroxylation is 1. The van der Waals surface area contributed by atoms with E-state index in [1.807, 2.05) is 17.9 Å². The molecular formula is C17H24N4O2. The second kappa shape index (κ2) is 6.98. The number of nitrogens with zero attached hydrogens (tertiary/aromatic N) is 4. The molecule has 0 aromatic carbocycles. The fourth-order valence-electron chi connectivity index (χ4n) is 3.15. The fraction of sp³-hybridized carbons (Fsp3) is 0.588. The summed E-state index contributed by atoms with van der Waals surface area (Å²) in [5.41, 5.74) is 0.887. The minimum Gasteiger partial charge on any atom is -0.481 e. The molecule has 23 heavy (non-hydrogen) atoms. The number of methoxy groups -OCH3 is 1. The van der Waals surface area contributed by atoms with Gasteiger partial charge in [0.25, 0.3) is 0 Å². The van der Waals surface area contributed by atoms with Gasteiger partial charge < -0.3 is 14.5 Å². The minimum absolute atomic E-state index is 0.268. The molecule has 1 unspecified atom stereocenters. The molecule has 1 aliphatic heterocycles. The van der Waals surface area contributed by atoms with Gasteiger partial charge in [-0.1, -0.05) is 12.2 Å². The molecule has 0 saturated carbocycles. The zero-order valence-corrected chi connectivity index (χ0v) is 13.9. The van der Waals surface area contributed by atoms with Crippen LogP contribution in [0.1, 0.15) is 25.0 Å². The first-order valence-electron chi connectivity index (χ1n) is 8.25. The Hall–Kier alpha value is -2.11. The Bertz CT molecular complexity index is 594. The van der Waals surface area contributed by atoms with Crippen LogP contribution in [-0.4, -0.2) is 54.1 Å². The van der Waals surface area contributed by atoms with Gasteiger partial charge in [-0.3, -0.25) is 4.79 Å². The first kappa shape index (κ1) is 15.8. The van der Waals surface area contributed by atoms with E-state index in [-0.39, 0.29) is 5.91 Å². The third-order valence-corrected chi connectivity index (χ3v) is 4.49. The monoisotopic (exact) mass is 316 g/mol. The molecule has 1 saturated heterocycles. The average Bonchev–Trinajstić information content (AvgIpc) is 3.07. The number of carbonyl (C=O) groups is 1. The van der Waals surface area contributed by atoms with Crippen LogP contribution >= 0.6 is 0 Å². The molecule has 1 fully saturated rings. The Morgan fingerprint density at radius 2 is 2.09 bits per heavy atom. The third kappa shape index (κ3) is 3.81. The first-order chi connectivity index (χ1) is 11.2. The van der Waals surface area contributed by atoms with Crippen molar-refractivity contribution in [2.45, 2.75) is 26.2 Å². The molecule has 0 radical (unpaired) electrons. The van der Waals surface area contributed by atoms with Gasteiger partial charge >= 0.3 is 0 Å². The molecule has 2 heterocycles. The van der Waals surface area contributed by atoms with Crippen molar-refractivity contribution in [3.8, 4) is 5.88 Å². The second-order valence-electron chi connectivity index (χ2n) is 6.19. The zero-order valence-electron chi connectivity index (χ0n) is 13.9. The van der Waals surface area contributed by atoms with Crippen LogP contribution in [0.15, 0.2) is 18.2 Å². The van der Waals surface area contributed by atoms with E-state index in [2.05, 4.69) is 27.0 Å². The van der Waals surface area contributed by atoms with Gasteiger partial charge in [0.1, 0.15) is 0 Å². The molecule has 1 aromatic heterocycles. The van der Waals surface area contributed by atoms with Crippen LogP contribution in [0.2, 0.25) is 0 Å². The molecule has 2 aliphatic rings. The normalized spacial score (nSPS) is 20.9. The van der Waals surface area contributed by atoms with E-state index < -0.39 is 0 Å². The van der Waals surface area contributed by atoms with E-state index in [1.54, 1.807) is 7.11 Å². The lowest BCUT2D eigenvalue weighted by atomic mass is 10.0. The maximum atomic E-state index is 12.4. The summed E-state index contributed by atoms with van der Waals surface area (Å²) >= 11 is 0. The minimum atomic E-state index is 0.268. The zero-order chi connectivity index (χ0) is 16.2. The third-order valence-electron chi connectivity index (χ3n) is 4.49. The van der Waals surface area contributed by atoms with Crippen LogP contribution in [0.4, 0.5) is 5.95 Å². The molecule has 0 bridgehead atoms. The lowest BCUT2D eigenvalue weighted by Gasteiger charge is -2.35. The number of aromatic nitrogens is 2. The second-order valence-corrected chi connectivity index (χ2v) is 6.19. The summed E-state index contributed by atoms with van der Waals surface area (Å²) in [7, 11) is 1.61. The maximum Gasteiger partial charge on any atom is 0.228 e. The molecule has 1 atom stereocenters. The van der Waals surface area contributed by atoms with Crippen molar-refractivity contribution in [3.63, 3.8) is 0 Å². The summed E-state index contributed by atoms with van der Waals surface area (Å²) < 4.78 is 5.21. The van der Waals surface area contributed by atoms with Crippen molar-refractivity contribution in [1.29, 1.82) is 0 Å². The average molecular weight is 316 g/mol. The number of piperazine rings is 1. The number of allylic oxidation sites excluding steroid dienone is 2. The highest BCUT2D eigenvalue weighted by Crippen LogP contribution is 2.22. The van der Waals surface area contributed by atoms with E-state index >= 15 is 0 Å². The highest BCUT2D eigenvalue weighted by molar-refractivity contribution is 5.77. The highest BCUT2D eigenvalue weighted by atomic mass is 16.5. The van der Waals surface area contributed by atoms with Gasteiger partial charge in [0.05, 0.1) is 7.11 Å². The molecule has 1 amide bonds. The lowest BCUT2D eigenvalue weighted by molar-refractivity contribution is -0.132. The van der Waals surface area contributed by atoms with Crippen LogP contribution in [0.5, 0.6) is 5.88 Å². The van der Waals surface area contributed by atoms with Crippen LogP contribution in [0.3, 0.4) is 0 Å². The molecule has 1 aromatic rings. The molecule has 0 spiro atoms. The maximum absolute atomic E-state index is 12.4. The number of anilines is 1. The predicted octanol–water partition coefficient (Wildman–Crippen LogP) is 1.80. The van der Waals surface area contributed by atoms with E-state index in [4.69, 9.17) is 4.74 Å². The van der Waals surface area contributed by atoms with E-state index in [0.29, 0.717) is 24.2 Å². The van der Waals surface area contributed by atoms with Gasteiger partial charge in [-0.25, -0.2) is 4.98 Å². The lowest BCUT2D eigenvalue weighted by Crippen LogP contribution is -2.49. The quantitative estimate of drug-likeness (QED) is 0.793.